The minimum atomic E-state index is 0.00372. The molecule has 0 saturated carbocycles. The Morgan fingerprint density at radius 2 is 2.06 bits per heavy atom. The van der Waals surface area contributed by atoms with Gasteiger partial charge in [0.2, 0.25) is 0 Å². The van der Waals surface area contributed by atoms with Gasteiger partial charge in [0, 0.05) is 11.1 Å². The monoisotopic (exact) mass is 214 g/mol. The molecule has 0 radical (unpaired) electrons. The van der Waals surface area contributed by atoms with E-state index in [-0.39, 0.29) is 11.5 Å². The third-order valence-electron chi connectivity index (χ3n) is 2.30. The summed E-state index contributed by atoms with van der Waals surface area (Å²) in [6, 6.07) is 10.4. The van der Waals surface area contributed by atoms with Crippen LogP contribution < -0.4 is 0 Å². The second kappa shape index (κ2) is 4.14. The largest absolute Gasteiger partial charge is 0.453 e. The van der Waals surface area contributed by atoms with Crippen LogP contribution in [0.25, 0.3) is 11.3 Å². The van der Waals surface area contributed by atoms with Gasteiger partial charge in [0.25, 0.3) is 0 Å². The molecule has 0 aliphatic rings. The Balaban J connectivity index is 2.43. The van der Waals surface area contributed by atoms with Crippen molar-refractivity contribution >= 4 is 12.1 Å². The Kier molecular flexibility index (Phi) is 2.68. The van der Waals surface area contributed by atoms with Gasteiger partial charge in [0.15, 0.2) is 17.8 Å². The number of rotatable bonds is 3. The van der Waals surface area contributed by atoms with Gasteiger partial charge in [-0.05, 0) is 25.1 Å². The smallest absolute Gasteiger partial charge is 0.185 e. The van der Waals surface area contributed by atoms with Gasteiger partial charge < -0.3 is 4.42 Å². The summed E-state index contributed by atoms with van der Waals surface area (Å²) in [7, 11) is 0. The van der Waals surface area contributed by atoms with Crippen molar-refractivity contribution in [1.82, 2.24) is 0 Å². The van der Waals surface area contributed by atoms with E-state index in [0.29, 0.717) is 17.6 Å². The highest BCUT2D eigenvalue weighted by molar-refractivity contribution is 5.95. The van der Waals surface area contributed by atoms with Gasteiger partial charge in [-0.15, -0.1) is 0 Å². The van der Waals surface area contributed by atoms with E-state index in [2.05, 4.69) is 0 Å². The van der Waals surface area contributed by atoms with Gasteiger partial charge >= 0.3 is 0 Å². The lowest BCUT2D eigenvalue weighted by Crippen LogP contribution is -1.91. The van der Waals surface area contributed by atoms with Crippen LogP contribution in [0.1, 0.15) is 27.8 Å². The molecule has 3 heteroatoms. The molecule has 0 fully saturated rings. The second-order valence-electron chi connectivity index (χ2n) is 3.46. The summed E-state index contributed by atoms with van der Waals surface area (Å²) < 4.78 is 5.27. The molecule has 0 atom stereocenters. The van der Waals surface area contributed by atoms with E-state index in [9.17, 15) is 9.59 Å². The van der Waals surface area contributed by atoms with Crippen LogP contribution in [-0.2, 0) is 0 Å². The lowest BCUT2D eigenvalue weighted by molar-refractivity contribution is 0.101. The molecule has 2 aromatic rings. The Hall–Kier alpha value is -2.16. The fourth-order valence-electron chi connectivity index (χ4n) is 1.46. The van der Waals surface area contributed by atoms with Crippen LogP contribution in [0.4, 0.5) is 0 Å². The van der Waals surface area contributed by atoms with Crippen molar-refractivity contribution < 1.29 is 14.0 Å². The molecule has 0 spiro atoms. The number of Topliss-reactive ketones (excluding diaryl/α,β-unsaturated/α-hetero) is 1. The Labute approximate surface area is 92.7 Å². The maximum atomic E-state index is 11.2. The van der Waals surface area contributed by atoms with Gasteiger partial charge in [0.05, 0.1) is 0 Å². The number of aldehydes is 1. The molecule has 1 aromatic heterocycles. The third kappa shape index (κ3) is 1.93. The van der Waals surface area contributed by atoms with E-state index in [4.69, 9.17) is 4.42 Å². The third-order valence-corrected chi connectivity index (χ3v) is 2.30. The quantitative estimate of drug-likeness (QED) is 0.583. The van der Waals surface area contributed by atoms with E-state index in [1.807, 2.05) is 6.07 Å². The highest BCUT2D eigenvalue weighted by atomic mass is 16.3. The SMILES string of the molecule is CC(=O)c1cccc(-c2ccc(C=O)o2)c1. The zero-order valence-electron chi connectivity index (χ0n) is 8.77. The molecule has 0 saturated heterocycles. The molecule has 3 nitrogen and oxygen atoms in total. The van der Waals surface area contributed by atoms with Crippen molar-refractivity contribution in [3.05, 3.63) is 47.7 Å². The van der Waals surface area contributed by atoms with E-state index >= 15 is 0 Å². The lowest BCUT2D eigenvalue weighted by atomic mass is 10.1. The Morgan fingerprint density at radius 1 is 1.25 bits per heavy atom. The highest BCUT2D eigenvalue weighted by Gasteiger charge is 2.06. The molecule has 16 heavy (non-hydrogen) atoms. The average molecular weight is 214 g/mol. The second-order valence-corrected chi connectivity index (χ2v) is 3.46. The number of hydrogen-bond acceptors (Lipinski definition) is 3. The number of carbonyl (C=O) groups is 2. The van der Waals surface area contributed by atoms with E-state index in [1.54, 1.807) is 30.3 Å². The normalized spacial score (nSPS) is 10.1. The van der Waals surface area contributed by atoms with Crippen LogP contribution in [0.3, 0.4) is 0 Å². The number of benzene rings is 1. The fraction of sp³-hybridized carbons (Fsp3) is 0.0769. The molecule has 1 heterocycles. The van der Waals surface area contributed by atoms with Crippen molar-refractivity contribution in [1.29, 1.82) is 0 Å². The molecule has 2 rings (SSSR count). The number of ketones is 1. The molecule has 80 valence electrons. The first-order chi connectivity index (χ1) is 7.70. The van der Waals surface area contributed by atoms with Crippen LogP contribution in [0.2, 0.25) is 0 Å². The number of hydrogen-bond donors (Lipinski definition) is 0. The molecule has 0 aliphatic heterocycles. The van der Waals surface area contributed by atoms with Crippen LogP contribution >= 0.6 is 0 Å². The maximum absolute atomic E-state index is 11.2. The van der Waals surface area contributed by atoms with E-state index in [1.165, 1.54) is 6.92 Å². The van der Waals surface area contributed by atoms with Crippen molar-refractivity contribution in [3.8, 4) is 11.3 Å². The molecule has 0 N–H and O–H groups in total. The van der Waals surface area contributed by atoms with E-state index < -0.39 is 0 Å². The zero-order chi connectivity index (χ0) is 11.5. The molecule has 1 aromatic carbocycles. The molecule has 0 amide bonds. The average Bonchev–Trinajstić information content (AvgIpc) is 2.77. The zero-order valence-corrected chi connectivity index (χ0v) is 8.77. The summed E-state index contributed by atoms with van der Waals surface area (Å²) in [6.07, 6.45) is 0.651. The topological polar surface area (TPSA) is 47.3 Å². The molecular weight excluding hydrogens is 204 g/mol. The first kappa shape index (κ1) is 10.4. The predicted octanol–water partition coefficient (Wildman–Crippen LogP) is 2.96. The van der Waals surface area contributed by atoms with Crippen LogP contribution in [-0.4, -0.2) is 12.1 Å². The van der Waals surface area contributed by atoms with Gasteiger partial charge in [-0.2, -0.15) is 0 Å². The Morgan fingerprint density at radius 3 is 2.69 bits per heavy atom. The minimum absolute atomic E-state index is 0.00372. The van der Waals surface area contributed by atoms with Crippen molar-refractivity contribution in [3.63, 3.8) is 0 Å². The first-order valence-electron chi connectivity index (χ1n) is 4.87. The summed E-state index contributed by atoms with van der Waals surface area (Å²) in [6.45, 7) is 1.51. The van der Waals surface area contributed by atoms with Gasteiger partial charge in [-0.1, -0.05) is 18.2 Å². The first-order valence-corrected chi connectivity index (χ1v) is 4.87. The summed E-state index contributed by atoms with van der Waals surface area (Å²) >= 11 is 0. The predicted molar refractivity (Wildman–Crippen MR) is 59.5 cm³/mol. The summed E-state index contributed by atoms with van der Waals surface area (Å²) in [5, 5.41) is 0. The van der Waals surface area contributed by atoms with Crippen LogP contribution in [0.5, 0.6) is 0 Å². The molecule has 0 bridgehead atoms. The summed E-state index contributed by atoms with van der Waals surface area (Å²) in [5.41, 5.74) is 1.42. The molecule has 0 unspecified atom stereocenters. The lowest BCUT2D eigenvalue weighted by Gasteiger charge is -1.99. The minimum Gasteiger partial charge on any atom is -0.453 e. The van der Waals surface area contributed by atoms with Crippen LogP contribution in [0, 0.1) is 0 Å². The van der Waals surface area contributed by atoms with Crippen LogP contribution in [0.15, 0.2) is 40.8 Å². The molecular formula is C13H10O3. The van der Waals surface area contributed by atoms with Gasteiger partial charge in [-0.3, -0.25) is 9.59 Å². The van der Waals surface area contributed by atoms with Gasteiger partial charge in [-0.25, -0.2) is 0 Å². The number of furan rings is 1. The molecule has 0 aliphatic carbocycles. The fourth-order valence-corrected chi connectivity index (χ4v) is 1.46. The highest BCUT2D eigenvalue weighted by Crippen LogP contribution is 2.22. The standard InChI is InChI=1S/C13H10O3/c1-9(15)10-3-2-4-11(7-10)13-6-5-12(8-14)16-13/h2-8H,1H3. The van der Waals surface area contributed by atoms with E-state index in [0.717, 1.165) is 5.56 Å². The Bertz CT molecular complexity index is 538. The van der Waals surface area contributed by atoms with Crippen molar-refractivity contribution in [2.45, 2.75) is 6.92 Å². The van der Waals surface area contributed by atoms with Gasteiger partial charge in [0.1, 0.15) is 5.76 Å². The maximum Gasteiger partial charge on any atom is 0.185 e. The van der Waals surface area contributed by atoms with Crippen molar-refractivity contribution in [2.75, 3.05) is 0 Å². The summed E-state index contributed by atoms with van der Waals surface area (Å²) in [5.74, 6) is 0.873. The summed E-state index contributed by atoms with van der Waals surface area (Å²) in [4.78, 5) is 21.7. The number of carbonyl (C=O) groups excluding carboxylic acids is 2. The van der Waals surface area contributed by atoms with Crippen molar-refractivity contribution in [2.24, 2.45) is 0 Å².